The van der Waals surface area contributed by atoms with E-state index in [-0.39, 0.29) is 5.41 Å². The molecular formula is C28H48N6. The van der Waals surface area contributed by atoms with Crippen molar-refractivity contribution in [3.8, 4) is 0 Å². The molecule has 6 heteroatoms. The summed E-state index contributed by atoms with van der Waals surface area (Å²) in [5.41, 5.74) is 8.77. The number of H-pyrrole nitrogens is 2. The van der Waals surface area contributed by atoms with Crippen molar-refractivity contribution in [3.05, 3.63) is 33.9 Å². The Bertz CT molecular complexity index is 970. The Morgan fingerprint density at radius 2 is 1.50 bits per heavy atom. The van der Waals surface area contributed by atoms with Crippen LogP contribution in [-0.2, 0) is 25.9 Å². The van der Waals surface area contributed by atoms with Crippen LogP contribution >= 0.6 is 0 Å². The van der Waals surface area contributed by atoms with Crippen molar-refractivity contribution in [1.82, 2.24) is 30.2 Å². The van der Waals surface area contributed by atoms with E-state index in [4.69, 9.17) is 10.2 Å². The van der Waals surface area contributed by atoms with Gasteiger partial charge in [0.25, 0.3) is 0 Å². The van der Waals surface area contributed by atoms with Crippen LogP contribution < -0.4 is 0 Å². The number of fused-ring (bicyclic) bond motifs is 2. The van der Waals surface area contributed by atoms with E-state index in [0.717, 1.165) is 52.0 Å². The second kappa shape index (κ2) is 9.42. The zero-order chi connectivity index (χ0) is 24.8. The first-order chi connectivity index (χ1) is 15.8. The van der Waals surface area contributed by atoms with E-state index < -0.39 is 0 Å². The highest BCUT2D eigenvalue weighted by Gasteiger charge is 2.35. The molecule has 190 valence electrons. The van der Waals surface area contributed by atoms with Crippen molar-refractivity contribution < 1.29 is 0 Å². The van der Waals surface area contributed by atoms with Crippen molar-refractivity contribution in [3.63, 3.8) is 0 Å². The highest BCUT2D eigenvalue weighted by atomic mass is 15.2. The largest absolute Gasteiger partial charge is 0.297 e. The Morgan fingerprint density at radius 3 is 2.15 bits per heavy atom. The second-order valence-corrected chi connectivity index (χ2v) is 13.8. The van der Waals surface area contributed by atoms with E-state index in [0.29, 0.717) is 23.3 Å². The Morgan fingerprint density at radius 1 is 0.853 bits per heavy atom. The maximum Gasteiger partial charge on any atom is 0.0695 e. The average molecular weight is 469 g/mol. The van der Waals surface area contributed by atoms with E-state index in [1.165, 1.54) is 33.9 Å². The molecule has 0 spiro atoms. The Labute approximate surface area is 207 Å². The van der Waals surface area contributed by atoms with Gasteiger partial charge >= 0.3 is 0 Å². The van der Waals surface area contributed by atoms with Gasteiger partial charge in [-0.15, -0.1) is 0 Å². The number of aromatic amines is 2. The molecule has 2 unspecified atom stereocenters. The van der Waals surface area contributed by atoms with Crippen LogP contribution in [0.25, 0.3) is 0 Å². The van der Waals surface area contributed by atoms with Crippen LogP contribution in [0.2, 0.25) is 0 Å². The number of hydrogen-bond acceptors (Lipinski definition) is 4. The number of aromatic nitrogens is 4. The van der Waals surface area contributed by atoms with Gasteiger partial charge in [0.15, 0.2) is 0 Å². The molecule has 2 atom stereocenters. The van der Waals surface area contributed by atoms with Crippen LogP contribution in [0.4, 0.5) is 0 Å². The summed E-state index contributed by atoms with van der Waals surface area (Å²) in [6, 6.07) is 0.510. The fourth-order valence-electron chi connectivity index (χ4n) is 6.10. The fourth-order valence-corrected chi connectivity index (χ4v) is 6.10. The fraction of sp³-hybridized carbons (Fsp3) is 0.786. The molecule has 0 fully saturated rings. The minimum absolute atomic E-state index is 0.267. The SMILES string of the molecule is CC(C)c1n[nH]c2c1CN(CC(C)(C)C)C(CC(C)c1n[nH]c3c1CCN(CC(C)(C)C)C3)C2. The summed E-state index contributed by atoms with van der Waals surface area (Å²) in [7, 11) is 0. The van der Waals surface area contributed by atoms with Crippen LogP contribution in [0.5, 0.6) is 0 Å². The minimum atomic E-state index is 0.267. The summed E-state index contributed by atoms with van der Waals surface area (Å²) in [6.45, 7) is 26.3. The average Bonchev–Trinajstić information content (AvgIpc) is 3.29. The number of hydrogen-bond donors (Lipinski definition) is 2. The molecule has 0 saturated heterocycles. The molecule has 4 rings (SSSR count). The third-order valence-corrected chi connectivity index (χ3v) is 7.36. The zero-order valence-corrected chi connectivity index (χ0v) is 23.2. The summed E-state index contributed by atoms with van der Waals surface area (Å²) in [6.07, 6.45) is 3.30. The molecule has 2 aromatic heterocycles. The highest BCUT2D eigenvalue weighted by molar-refractivity contribution is 5.32. The topological polar surface area (TPSA) is 63.8 Å². The van der Waals surface area contributed by atoms with E-state index in [2.05, 4.69) is 82.3 Å². The van der Waals surface area contributed by atoms with Crippen molar-refractivity contribution in [2.75, 3.05) is 19.6 Å². The smallest absolute Gasteiger partial charge is 0.0695 e. The summed E-state index contributed by atoms with van der Waals surface area (Å²) < 4.78 is 0. The summed E-state index contributed by atoms with van der Waals surface area (Å²) >= 11 is 0. The van der Waals surface area contributed by atoms with Crippen molar-refractivity contribution in [2.45, 2.75) is 113 Å². The summed E-state index contributed by atoms with van der Waals surface area (Å²) in [5.74, 6) is 0.899. The molecule has 2 aliphatic heterocycles. The van der Waals surface area contributed by atoms with Crippen molar-refractivity contribution in [1.29, 1.82) is 0 Å². The molecule has 0 radical (unpaired) electrons. The second-order valence-electron chi connectivity index (χ2n) is 13.8. The van der Waals surface area contributed by atoms with E-state index >= 15 is 0 Å². The molecule has 2 N–H and O–H groups in total. The predicted molar refractivity (Wildman–Crippen MR) is 140 cm³/mol. The molecule has 0 amide bonds. The van der Waals surface area contributed by atoms with Gasteiger partial charge in [0, 0.05) is 62.4 Å². The lowest BCUT2D eigenvalue weighted by molar-refractivity contribution is 0.107. The normalized spacial score (nSPS) is 21.1. The molecule has 4 heterocycles. The van der Waals surface area contributed by atoms with Gasteiger partial charge in [-0.25, -0.2) is 0 Å². The Kier molecular flexibility index (Phi) is 7.05. The van der Waals surface area contributed by atoms with Crippen LogP contribution in [0.1, 0.15) is 114 Å². The van der Waals surface area contributed by atoms with Gasteiger partial charge in [0.05, 0.1) is 17.1 Å². The molecule has 6 nitrogen and oxygen atoms in total. The molecule has 2 aromatic rings. The van der Waals surface area contributed by atoms with Gasteiger partial charge in [-0.05, 0) is 35.2 Å². The third-order valence-electron chi connectivity index (χ3n) is 7.36. The lowest BCUT2D eigenvalue weighted by Crippen LogP contribution is -2.45. The van der Waals surface area contributed by atoms with E-state index in [1.54, 1.807) is 0 Å². The first kappa shape index (κ1) is 25.4. The van der Waals surface area contributed by atoms with E-state index in [9.17, 15) is 0 Å². The van der Waals surface area contributed by atoms with E-state index in [1.807, 2.05) is 0 Å². The molecule has 0 bridgehead atoms. The van der Waals surface area contributed by atoms with Gasteiger partial charge in [-0.3, -0.25) is 20.0 Å². The van der Waals surface area contributed by atoms with Crippen LogP contribution in [-0.4, -0.2) is 55.9 Å². The first-order valence-electron chi connectivity index (χ1n) is 13.4. The maximum absolute atomic E-state index is 4.88. The molecule has 34 heavy (non-hydrogen) atoms. The van der Waals surface area contributed by atoms with Gasteiger partial charge in [-0.1, -0.05) is 62.3 Å². The van der Waals surface area contributed by atoms with Crippen molar-refractivity contribution >= 4 is 0 Å². The molecular weight excluding hydrogens is 420 g/mol. The zero-order valence-electron chi connectivity index (χ0n) is 23.2. The van der Waals surface area contributed by atoms with Crippen LogP contribution in [0, 0.1) is 10.8 Å². The van der Waals surface area contributed by atoms with Gasteiger partial charge in [-0.2, -0.15) is 10.2 Å². The lowest BCUT2D eigenvalue weighted by Gasteiger charge is -2.40. The molecule has 0 aliphatic carbocycles. The summed E-state index contributed by atoms with van der Waals surface area (Å²) in [4.78, 5) is 5.30. The highest BCUT2D eigenvalue weighted by Crippen LogP contribution is 2.36. The number of rotatable bonds is 6. The van der Waals surface area contributed by atoms with Gasteiger partial charge < -0.3 is 0 Å². The molecule has 0 saturated carbocycles. The third kappa shape index (κ3) is 5.76. The number of nitrogens with zero attached hydrogens (tertiary/aromatic N) is 4. The molecule has 0 aromatic carbocycles. The predicted octanol–water partition coefficient (Wildman–Crippen LogP) is 5.63. The monoisotopic (exact) mass is 468 g/mol. The van der Waals surface area contributed by atoms with Crippen LogP contribution in [0.15, 0.2) is 0 Å². The Balaban J connectivity index is 1.51. The van der Waals surface area contributed by atoms with Gasteiger partial charge in [0.2, 0.25) is 0 Å². The maximum atomic E-state index is 4.88. The number of nitrogens with one attached hydrogen (secondary N) is 2. The molecule has 2 aliphatic rings. The first-order valence-corrected chi connectivity index (χ1v) is 13.4. The minimum Gasteiger partial charge on any atom is -0.297 e. The quantitative estimate of drug-likeness (QED) is 0.577. The Hall–Kier alpha value is -1.66. The standard InChI is InChI=1S/C28H48N6/c1-18(2)25-22-14-34(17-28(7,8)9)20(13-23(22)29-31-25)12-19(3)26-21-10-11-33(16-27(4,5)6)15-24(21)30-32-26/h18-20H,10-17H2,1-9H3,(H,29,31)(H,30,32). The van der Waals surface area contributed by atoms with Gasteiger partial charge in [0.1, 0.15) is 0 Å². The summed E-state index contributed by atoms with van der Waals surface area (Å²) in [5, 5.41) is 16.4. The lowest BCUT2D eigenvalue weighted by atomic mass is 9.85. The van der Waals surface area contributed by atoms with Crippen molar-refractivity contribution in [2.24, 2.45) is 10.8 Å². The van der Waals surface area contributed by atoms with Crippen LogP contribution in [0.3, 0.4) is 0 Å².